The maximum Gasteiger partial charge on any atom is 0.0737 e. The normalized spacial score (nSPS) is 18.8. The molecule has 1 heterocycles. The molecule has 16 heavy (non-hydrogen) atoms. The Kier molecular flexibility index (Phi) is 3.94. The molecule has 0 spiro atoms. The molecule has 0 atom stereocenters. The van der Waals surface area contributed by atoms with Gasteiger partial charge in [0, 0.05) is 24.9 Å². The van der Waals surface area contributed by atoms with Crippen molar-refractivity contribution in [1.29, 1.82) is 0 Å². The number of hydrogen-bond donors (Lipinski definition) is 0. The molecule has 1 saturated carbocycles. The quantitative estimate of drug-likeness (QED) is 0.757. The van der Waals surface area contributed by atoms with Gasteiger partial charge in [0.15, 0.2) is 0 Å². The summed E-state index contributed by atoms with van der Waals surface area (Å²) in [7, 11) is 0. The van der Waals surface area contributed by atoms with Crippen LogP contribution < -0.4 is 0 Å². The molecular weight excluding hydrogens is 198 g/mol. The first-order valence-electron chi connectivity index (χ1n) is 6.38. The molecule has 0 bridgehead atoms. The van der Waals surface area contributed by atoms with Gasteiger partial charge in [-0.05, 0) is 31.4 Å². The minimum Gasteiger partial charge on any atom is -0.375 e. The van der Waals surface area contributed by atoms with Crippen LogP contribution in [0.3, 0.4) is 0 Å². The molecule has 0 amide bonds. The third kappa shape index (κ3) is 2.82. The molecule has 0 aliphatic heterocycles. The summed E-state index contributed by atoms with van der Waals surface area (Å²) in [5.41, 5.74) is 1.25. The van der Waals surface area contributed by atoms with Crippen molar-refractivity contribution in [3.8, 4) is 0 Å². The fraction of sp³-hybridized carbons (Fsp3) is 0.643. The van der Waals surface area contributed by atoms with E-state index in [1.54, 1.807) is 0 Å². The molecule has 1 aliphatic carbocycles. The first kappa shape index (κ1) is 11.6. The predicted octanol–water partition coefficient (Wildman–Crippen LogP) is 3.36. The van der Waals surface area contributed by atoms with Gasteiger partial charge in [0.1, 0.15) is 0 Å². The lowest BCUT2D eigenvalue weighted by atomic mass is 9.95. The van der Waals surface area contributed by atoms with E-state index in [9.17, 15) is 0 Å². The van der Waals surface area contributed by atoms with E-state index in [0.29, 0.717) is 0 Å². The topological polar surface area (TPSA) is 22.1 Å². The van der Waals surface area contributed by atoms with Crippen molar-refractivity contribution in [3.63, 3.8) is 0 Å². The highest BCUT2D eigenvalue weighted by atomic mass is 16.5. The standard InChI is InChI=1S/C14H21NO/c1-2-11-16-14(8-4-5-9-14)12-13-7-3-6-10-15-13/h3,6-7,10H,2,4-5,8-9,11-12H2,1H3. The van der Waals surface area contributed by atoms with Crippen molar-refractivity contribution in [1.82, 2.24) is 4.98 Å². The molecule has 0 saturated heterocycles. The van der Waals surface area contributed by atoms with E-state index >= 15 is 0 Å². The third-order valence-electron chi connectivity index (χ3n) is 3.36. The van der Waals surface area contributed by atoms with Crippen LogP contribution in [-0.4, -0.2) is 17.2 Å². The highest BCUT2D eigenvalue weighted by Gasteiger charge is 2.35. The van der Waals surface area contributed by atoms with Crippen molar-refractivity contribution >= 4 is 0 Å². The number of rotatable bonds is 5. The van der Waals surface area contributed by atoms with Crippen LogP contribution in [-0.2, 0) is 11.2 Å². The zero-order valence-corrected chi connectivity index (χ0v) is 10.1. The summed E-state index contributed by atoms with van der Waals surface area (Å²) < 4.78 is 6.10. The van der Waals surface area contributed by atoms with Gasteiger partial charge in [-0.1, -0.05) is 25.8 Å². The summed E-state index contributed by atoms with van der Waals surface area (Å²) in [6.45, 7) is 3.05. The second-order valence-corrected chi connectivity index (χ2v) is 4.74. The highest BCUT2D eigenvalue weighted by Crippen LogP contribution is 2.35. The summed E-state index contributed by atoms with van der Waals surface area (Å²) >= 11 is 0. The summed E-state index contributed by atoms with van der Waals surface area (Å²) in [4.78, 5) is 4.42. The van der Waals surface area contributed by atoms with Crippen LogP contribution in [0.2, 0.25) is 0 Å². The Bertz CT molecular complexity index is 304. The van der Waals surface area contributed by atoms with Gasteiger partial charge in [-0.2, -0.15) is 0 Å². The van der Waals surface area contributed by atoms with Gasteiger partial charge in [-0.25, -0.2) is 0 Å². The van der Waals surface area contributed by atoms with Gasteiger partial charge in [-0.15, -0.1) is 0 Å². The first-order valence-corrected chi connectivity index (χ1v) is 6.38. The molecule has 2 nitrogen and oxygen atoms in total. The lowest BCUT2D eigenvalue weighted by Crippen LogP contribution is -2.32. The molecule has 0 aromatic carbocycles. The minimum absolute atomic E-state index is 0.0877. The average molecular weight is 219 g/mol. The number of ether oxygens (including phenoxy) is 1. The number of pyridine rings is 1. The van der Waals surface area contributed by atoms with Gasteiger partial charge in [0.2, 0.25) is 0 Å². The molecule has 0 N–H and O–H groups in total. The second kappa shape index (κ2) is 5.44. The Morgan fingerprint density at radius 2 is 2.12 bits per heavy atom. The predicted molar refractivity (Wildman–Crippen MR) is 65.4 cm³/mol. The smallest absolute Gasteiger partial charge is 0.0737 e. The maximum absolute atomic E-state index is 6.10. The minimum atomic E-state index is 0.0877. The molecule has 2 rings (SSSR count). The largest absolute Gasteiger partial charge is 0.375 e. The van der Waals surface area contributed by atoms with Crippen molar-refractivity contribution in [2.24, 2.45) is 0 Å². The van der Waals surface area contributed by atoms with E-state index in [2.05, 4.69) is 24.0 Å². The maximum atomic E-state index is 6.10. The van der Waals surface area contributed by atoms with E-state index in [-0.39, 0.29) is 5.60 Å². The van der Waals surface area contributed by atoms with Crippen LogP contribution in [0.15, 0.2) is 24.4 Å². The van der Waals surface area contributed by atoms with Crippen LogP contribution in [0, 0.1) is 0 Å². The van der Waals surface area contributed by atoms with Crippen molar-refractivity contribution in [2.45, 2.75) is 51.0 Å². The van der Waals surface area contributed by atoms with Gasteiger partial charge in [0.25, 0.3) is 0 Å². The molecule has 1 aliphatic rings. The van der Waals surface area contributed by atoms with Crippen molar-refractivity contribution in [3.05, 3.63) is 30.1 Å². The highest BCUT2D eigenvalue weighted by molar-refractivity contribution is 5.08. The molecule has 1 fully saturated rings. The molecule has 2 heteroatoms. The van der Waals surface area contributed by atoms with Gasteiger partial charge in [0.05, 0.1) is 5.60 Å². The molecule has 0 radical (unpaired) electrons. The zero-order valence-electron chi connectivity index (χ0n) is 10.1. The van der Waals surface area contributed by atoms with Gasteiger partial charge < -0.3 is 4.74 Å². The van der Waals surface area contributed by atoms with Gasteiger partial charge >= 0.3 is 0 Å². The zero-order chi connectivity index (χ0) is 11.3. The Morgan fingerprint density at radius 3 is 2.75 bits per heavy atom. The Hall–Kier alpha value is -0.890. The SMILES string of the molecule is CCCOC1(Cc2ccccn2)CCCC1. The first-order chi connectivity index (χ1) is 7.85. The summed E-state index contributed by atoms with van der Waals surface area (Å²) in [5, 5.41) is 0. The Balaban J connectivity index is 2.02. The van der Waals surface area contributed by atoms with Crippen LogP contribution >= 0.6 is 0 Å². The fourth-order valence-corrected chi connectivity index (χ4v) is 2.54. The molecule has 88 valence electrons. The van der Waals surface area contributed by atoms with Gasteiger partial charge in [-0.3, -0.25) is 4.98 Å². The second-order valence-electron chi connectivity index (χ2n) is 4.74. The molecule has 1 aromatic heterocycles. The lowest BCUT2D eigenvalue weighted by molar-refractivity contribution is -0.0405. The van der Waals surface area contributed by atoms with Crippen molar-refractivity contribution < 1.29 is 4.74 Å². The molecular formula is C14H21NO. The lowest BCUT2D eigenvalue weighted by Gasteiger charge is -2.29. The number of hydrogen-bond acceptors (Lipinski definition) is 2. The van der Waals surface area contributed by atoms with E-state index < -0.39 is 0 Å². The summed E-state index contributed by atoms with van der Waals surface area (Å²) in [6, 6.07) is 6.14. The Labute approximate surface area is 98.0 Å². The fourth-order valence-electron chi connectivity index (χ4n) is 2.54. The monoisotopic (exact) mass is 219 g/mol. The van der Waals surface area contributed by atoms with Crippen LogP contribution in [0.25, 0.3) is 0 Å². The van der Waals surface area contributed by atoms with Crippen LogP contribution in [0.5, 0.6) is 0 Å². The summed E-state index contributed by atoms with van der Waals surface area (Å²) in [6.07, 6.45) is 8.95. The van der Waals surface area contributed by atoms with E-state index in [4.69, 9.17) is 4.74 Å². The molecule has 1 aromatic rings. The number of nitrogens with zero attached hydrogens (tertiary/aromatic N) is 1. The van der Waals surface area contributed by atoms with Crippen molar-refractivity contribution in [2.75, 3.05) is 6.61 Å². The average Bonchev–Trinajstić information content (AvgIpc) is 2.77. The van der Waals surface area contributed by atoms with E-state index in [1.165, 1.54) is 31.4 Å². The van der Waals surface area contributed by atoms with E-state index in [0.717, 1.165) is 19.4 Å². The third-order valence-corrected chi connectivity index (χ3v) is 3.36. The Morgan fingerprint density at radius 1 is 1.31 bits per heavy atom. The summed E-state index contributed by atoms with van der Waals surface area (Å²) in [5.74, 6) is 0. The van der Waals surface area contributed by atoms with Crippen LogP contribution in [0.4, 0.5) is 0 Å². The van der Waals surface area contributed by atoms with E-state index in [1.807, 2.05) is 12.3 Å². The number of aromatic nitrogens is 1. The van der Waals surface area contributed by atoms with Crippen LogP contribution in [0.1, 0.15) is 44.7 Å². The molecule has 0 unspecified atom stereocenters.